The van der Waals surface area contributed by atoms with E-state index in [0.29, 0.717) is 11.7 Å². The summed E-state index contributed by atoms with van der Waals surface area (Å²) < 4.78 is 13.0. The fourth-order valence-electron chi connectivity index (χ4n) is 3.51. The van der Waals surface area contributed by atoms with Crippen molar-refractivity contribution in [3.05, 3.63) is 29.0 Å². The van der Waals surface area contributed by atoms with E-state index in [1.54, 1.807) is 0 Å². The van der Waals surface area contributed by atoms with Crippen LogP contribution in [0.15, 0.2) is 18.2 Å². The number of hydrogen-bond donors (Lipinski definition) is 2. The van der Waals surface area contributed by atoms with Crippen molar-refractivity contribution in [3.63, 3.8) is 0 Å². The molecule has 1 saturated heterocycles. The van der Waals surface area contributed by atoms with E-state index in [1.165, 1.54) is 37.5 Å². The molecule has 0 bridgehead atoms. The molecule has 2 N–H and O–H groups in total. The highest BCUT2D eigenvalue weighted by Crippen LogP contribution is 2.32. The van der Waals surface area contributed by atoms with Crippen molar-refractivity contribution in [3.8, 4) is 0 Å². The summed E-state index contributed by atoms with van der Waals surface area (Å²) in [5, 5.41) is 6.51. The summed E-state index contributed by atoms with van der Waals surface area (Å²) in [4.78, 5) is 12.4. The van der Waals surface area contributed by atoms with Gasteiger partial charge in [-0.3, -0.25) is 4.79 Å². The van der Waals surface area contributed by atoms with E-state index in [0.717, 1.165) is 25.2 Å². The smallest absolute Gasteiger partial charge is 0.241 e. The fraction of sp³-hybridized carbons (Fsp3) is 0.562. The number of halogens is 2. The number of nitrogens with one attached hydrogen (secondary N) is 2. The zero-order chi connectivity index (χ0) is 14.8. The first-order valence-corrected chi connectivity index (χ1v) is 8.03. The van der Waals surface area contributed by atoms with Crippen LogP contribution in [0.25, 0.3) is 0 Å². The molecule has 21 heavy (non-hydrogen) atoms. The first-order valence-electron chi connectivity index (χ1n) is 7.65. The van der Waals surface area contributed by atoms with Crippen LogP contribution in [0.2, 0.25) is 5.02 Å². The van der Waals surface area contributed by atoms with Crippen LogP contribution in [0, 0.1) is 11.7 Å². The zero-order valence-electron chi connectivity index (χ0n) is 11.9. The third-order valence-corrected chi connectivity index (χ3v) is 4.97. The minimum atomic E-state index is -0.404. The van der Waals surface area contributed by atoms with Crippen LogP contribution < -0.4 is 10.6 Å². The summed E-state index contributed by atoms with van der Waals surface area (Å²) in [6.45, 7) is 0. The molecule has 5 heteroatoms. The minimum absolute atomic E-state index is 0.0764. The fourth-order valence-corrected chi connectivity index (χ4v) is 3.73. The Kier molecular flexibility index (Phi) is 4.45. The molecule has 1 aromatic rings. The lowest BCUT2D eigenvalue weighted by Gasteiger charge is -2.39. The van der Waals surface area contributed by atoms with Crippen molar-refractivity contribution in [2.24, 2.45) is 5.92 Å². The van der Waals surface area contributed by atoms with Crippen LogP contribution >= 0.6 is 11.6 Å². The molecule has 3 unspecified atom stereocenters. The molecule has 2 fully saturated rings. The second kappa shape index (κ2) is 6.32. The molecule has 0 spiro atoms. The third kappa shape index (κ3) is 3.38. The first-order chi connectivity index (χ1) is 10.1. The van der Waals surface area contributed by atoms with Crippen LogP contribution in [-0.2, 0) is 4.79 Å². The molecule has 114 valence electrons. The number of anilines is 1. The molecule has 3 atom stereocenters. The standard InChI is InChI=1S/C16H20ClFN2O/c17-12-9-11(18)6-8-14(12)20-16(21)15-7-5-10-3-1-2-4-13(10)19-15/h6,8-10,13,15,19H,1-5,7H2,(H,20,21). The molecular formula is C16H20ClFN2O. The highest BCUT2D eigenvalue weighted by Gasteiger charge is 2.34. The van der Waals surface area contributed by atoms with Gasteiger partial charge in [0.1, 0.15) is 5.82 Å². The van der Waals surface area contributed by atoms with Gasteiger partial charge in [-0.1, -0.05) is 24.4 Å². The van der Waals surface area contributed by atoms with Gasteiger partial charge in [-0.2, -0.15) is 0 Å². The molecule has 0 aromatic heterocycles. The molecule has 3 rings (SSSR count). The number of amides is 1. The normalized spacial score (nSPS) is 28.8. The minimum Gasteiger partial charge on any atom is -0.323 e. The molecule has 1 saturated carbocycles. The SMILES string of the molecule is O=C(Nc1ccc(F)cc1Cl)C1CCC2CCCCC2N1. The van der Waals surface area contributed by atoms with E-state index in [9.17, 15) is 9.18 Å². The van der Waals surface area contributed by atoms with Gasteiger partial charge in [0.15, 0.2) is 0 Å². The van der Waals surface area contributed by atoms with Gasteiger partial charge in [-0.25, -0.2) is 4.39 Å². The molecule has 2 aliphatic rings. The van der Waals surface area contributed by atoms with E-state index in [2.05, 4.69) is 10.6 Å². The largest absolute Gasteiger partial charge is 0.323 e. The van der Waals surface area contributed by atoms with Crippen LogP contribution in [0.3, 0.4) is 0 Å². The van der Waals surface area contributed by atoms with E-state index < -0.39 is 5.82 Å². The van der Waals surface area contributed by atoms with Crippen LogP contribution in [-0.4, -0.2) is 18.0 Å². The van der Waals surface area contributed by atoms with Crippen molar-refractivity contribution < 1.29 is 9.18 Å². The first kappa shape index (κ1) is 14.8. The van der Waals surface area contributed by atoms with Crippen LogP contribution in [0.1, 0.15) is 38.5 Å². The average Bonchev–Trinajstić information content (AvgIpc) is 2.49. The molecule has 1 aromatic carbocycles. The number of fused-ring (bicyclic) bond motifs is 1. The van der Waals surface area contributed by atoms with Crippen molar-refractivity contribution in [1.82, 2.24) is 5.32 Å². The maximum absolute atomic E-state index is 13.0. The number of piperidine rings is 1. The van der Waals surface area contributed by atoms with E-state index in [-0.39, 0.29) is 17.0 Å². The molecule has 3 nitrogen and oxygen atoms in total. The topological polar surface area (TPSA) is 41.1 Å². The number of carbonyl (C=O) groups is 1. The van der Waals surface area contributed by atoms with Gasteiger partial charge in [0.25, 0.3) is 0 Å². The second-order valence-electron chi connectivity index (χ2n) is 6.06. The predicted octanol–water partition coefficient (Wildman–Crippen LogP) is 3.73. The van der Waals surface area contributed by atoms with Gasteiger partial charge in [0.05, 0.1) is 16.8 Å². The van der Waals surface area contributed by atoms with Gasteiger partial charge in [-0.15, -0.1) is 0 Å². The zero-order valence-corrected chi connectivity index (χ0v) is 12.6. The summed E-state index contributed by atoms with van der Waals surface area (Å²) in [6, 6.07) is 4.30. The second-order valence-corrected chi connectivity index (χ2v) is 6.47. The van der Waals surface area contributed by atoms with Crippen molar-refractivity contribution in [2.45, 2.75) is 50.6 Å². The van der Waals surface area contributed by atoms with Crippen molar-refractivity contribution in [1.29, 1.82) is 0 Å². The van der Waals surface area contributed by atoms with Crippen LogP contribution in [0.5, 0.6) is 0 Å². The summed E-state index contributed by atoms with van der Waals surface area (Å²) in [5.41, 5.74) is 0.468. The summed E-state index contributed by atoms with van der Waals surface area (Å²) in [5.74, 6) is 0.239. The van der Waals surface area contributed by atoms with Gasteiger partial charge >= 0.3 is 0 Å². The molecular weight excluding hydrogens is 291 g/mol. The quantitative estimate of drug-likeness (QED) is 0.874. The van der Waals surface area contributed by atoms with Gasteiger partial charge in [-0.05, 0) is 49.8 Å². The maximum atomic E-state index is 13.0. The number of hydrogen-bond acceptors (Lipinski definition) is 2. The van der Waals surface area contributed by atoms with E-state index in [1.807, 2.05) is 0 Å². The number of carbonyl (C=O) groups excluding carboxylic acids is 1. The molecule has 1 heterocycles. The molecule has 0 radical (unpaired) electrons. The Bertz CT molecular complexity index is 537. The lowest BCUT2D eigenvalue weighted by atomic mass is 9.77. The Morgan fingerprint density at radius 1 is 1.24 bits per heavy atom. The summed E-state index contributed by atoms with van der Waals surface area (Å²) in [6.07, 6.45) is 6.94. The molecule has 1 aliphatic heterocycles. The summed E-state index contributed by atoms with van der Waals surface area (Å²) in [7, 11) is 0. The maximum Gasteiger partial charge on any atom is 0.241 e. The predicted molar refractivity (Wildman–Crippen MR) is 81.9 cm³/mol. The van der Waals surface area contributed by atoms with Crippen LogP contribution in [0.4, 0.5) is 10.1 Å². The Balaban J connectivity index is 1.63. The monoisotopic (exact) mass is 310 g/mol. The Labute approximate surface area is 129 Å². The molecule has 1 aliphatic carbocycles. The van der Waals surface area contributed by atoms with E-state index in [4.69, 9.17) is 11.6 Å². The Morgan fingerprint density at radius 3 is 2.86 bits per heavy atom. The van der Waals surface area contributed by atoms with Gasteiger partial charge < -0.3 is 10.6 Å². The van der Waals surface area contributed by atoms with Crippen molar-refractivity contribution >= 4 is 23.2 Å². The lowest BCUT2D eigenvalue weighted by molar-refractivity contribution is -0.119. The summed E-state index contributed by atoms with van der Waals surface area (Å²) >= 11 is 5.95. The number of rotatable bonds is 2. The lowest BCUT2D eigenvalue weighted by Crippen LogP contribution is -2.53. The third-order valence-electron chi connectivity index (χ3n) is 4.66. The van der Waals surface area contributed by atoms with Gasteiger partial charge in [0.2, 0.25) is 5.91 Å². The Morgan fingerprint density at radius 2 is 2.05 bits per heavy atom. The van der Waals surface area contributed by atoms with E-state index >= 15 is 0 Å². The highest BCUT2D eigenvalue weighted by atomic mass is 35.5. The highest BCUT2D eigenvalue weighted by molar-refractivity contribution is 6.33. The Hall–Kier alpha value is -1.13. The van der Waals surface area contributed by atoms with Crippen molar-refractivity contribution in [2.75, 3.05) is 5.32 Å². The number of benzene rings is 1. The average molecular weight is 311 g/mol. The van der Waals surface area contributed by atoms with Gasteiger partial charge in [0, 0.05) is 6.04 Å². The molecule has 1 amide bonds.